The molecule has 1 aromatic heterocycles. The first-order chi connectivity index (χ1) is 11.5. The smallest absolute Gasteiger partial charge is 0.276 e. The number of nitrogens with two attached hydrogens (primary N) is 1. The Bertz CT molecular complexity index is 762. The van der Waals surface area contributed by atoms with Crippen LogP contribution in [0.25, 0.3) is 0 Å². The largest absolute Gasteiger partial charge is 0.366 e. The Labute approximate surface area is 140 Å². The highest BCUT2D eigenvalue weighted by Gasteiger charge is 2.18. The quantitative estimate of drug-likeness (QED) is 0.791. The Kier molecular flexibility index (Phi) is 4.61. The van der Waals surface area contributed by atoms with Gasteiger partial charge in [-0.25, -0.2) is 0 Å². The van der Waals surface area contributed by atoms with Crippen molar-refractivity contribution in [2.75, 3.05) is 18.4 Å². The molecule has 0 radical (unpaired) electrons. The van der Waals surface area contributed by atoms with Gasteiger partial charge in [0.15, 0.2) is 5.69 Å². The number of carbonyl (C=O) groups is 2. The molecule has 0 aliphatic carbocycles. The Hall–Kier alpha value is -2.67. The van der Waals surface area contributed by atoms with Gasteiger partial charge in [-0.15, -0.1) is 0 Å². The number of aryl methyl sites for hydroxylation is 1. The summed E-state index contributed by atoms with van der Waals surface area (Å²) in [6, 6.07) is 7.00. The van der Waals surface area contributed by atoms with Gasteiger partial charge in [0.2, 0.25) is 5.91 Å². The summed E-state index contributed by atoms with van der Waals surface area (Å²) in [5.41, 5.74) is 7.43. The van der Waals surface area contributed by atoms with E-state index in [1.54, 1.807) is 31.2 Å². The van der Waals surface area contributed by atoms with E-state index in [-0.39, 0.29) is 11.9 Å². The Morgan fingerprint density at radius 1 is 1.38 bits per heavy atom. The van der Waals surface area contributed by atoms with E-state index in [0.717, 1.165) is 31.5 Å². The number of aromatic nitrogens is 2. The maximum Gasteiger partial charge on any atom is 0.276 e. The first kappa shape index (κ1) is 16.2. The minimum Gasteiger partial charge on any atom is -0.366 e. The van der Waals surface area contributed by atoms with Crippen molar-refractivity contribution in [3.63, 3.8) is 0 Å². The SMILES string of the molecule is Cc1cc(NC(=O)c2ccn(C3CCCNC3)n2)ccc1C(N)=O. The van der Waals surface area contributed by atoms with Crippen LogP contribution in [0.1, 0.15) is 45.3 Å². The molecule has 2 heterocycles. The van der Waals surface area contributed by atoms with E-state index in [2.05, 4.69) is 15.7 Å². The molecule has 1 aromatic carbocycles. The molecule has 1 fully saturated rings. The van der Waals surface area contributed by atoms with Gasteiger partial charge in [0.25, 0.3) is 5.91 Å². The van der Waals surface area contributed by atoms with Crippen LogP contribution < -0.4 is 16.4 Å². The molecule has 2 amide bonds. The molecule has 1 saturated heterocycles. The molecular formula is C17H21N5O2. The molecule has 0 bridgehead atoms. The number of hydrogen-bond donors (Lipinski definition) is 3. The lowest BCUT2D eigenvalue weighted by atomic mass is 10.1. The fraction of sp³-hybridized carbons (Fsp3) is 0.353. The van der Waals surface area contributed by atoms with E-state index in [4.69, 9.17) is 5.73 Å². The van der Waals surface area contributed by atoms with Crippen molar-refractivity contribution in [3.8, 4) is 0 Å². The van der Waals surface area contributed by atoms with Crippen LogP contribution in [-0.2, 0) is 0 Å². The van der Waals surface area contributed by atoms with Crippen molar-refractivity contribution < 1.29 is 9.59 Å². The van der Waals surface area contributed by atoms with E-state index in [9.17, 15) is 9.59 Å². The van der Waals surface area contributed by atoms with Crippen LogP contribution in [0.3, 0.4) is 0 Å². The van der Waals surface area contributed by atoms with Gasteiger partial charge in [-0.05, 0) is 56.1 Å². The number of primary amides is 1. The molecule has 24 heavy (non-hydrogen) atoms. The number of hydrogen-bond acceptors (Lipinski definition) is 4. The number of piperidine rings is 1. The van der Waals surface area contributed by atoms with Crippen molar-refractivity contribution >= 4 is 17.5 Å². The van der Waals surface area contributed by atoms with E-state index in [1.165, 1.54) is 0 Å². The van der Waals surface area contributed by atoms with Gasteiger partial charge in [0.1, 0.15) is 0 Å². The van der Waals surface area contributed by atoms with Crippen LogP contribution in [0.5, 0.6) is 0 Å². The Balaban J connectivity index is 1.70. The molecule has 3 rings (SSSR count). The zero-order chi connectivity index (χ0) is 17.1. The number of rotatable bonds is 4. The molecule has 2 aromatic rings. The zero-order valence-corrected chi connectivity index (χ0v) is 13.6. The maximum absolute atomic E-state index is 12.3. The van der Waals surface area contributed by atoms with Gasteiger partial charge >= 0.3 is 0 Å². The van der Waals surface area contributed by atoms with Gasteiger partial charge < -0.3 is 16.4 Å². The maximum atomic E-state index is 12.3. The first-order valence-electron chi connectivity index (χ1n) is 8.02. The fourth-order valence-corrected chi connectivity index (χ4v) is 2.93. The summed E-state index contributed by atoms with van der Waals surface area (Å²) in [6.07, 6.45) is 4.01. The van der Waals surface area contributed by atoms with Crippen molar-refractivity contribution in [2.45, 2.75) is 25.8 Å². The molecule has 126 valence electrons. The molecule has 1 aliphatic rings. The predicted molar refractivity (Wildman–Crippen MR) is 91.0 cm³/mol. The average Bonchev–Trinajstić information content (AvgIpc) is 3.05. The fourth-order valence-electron chi connectivity index (χ4n) is 2.93. The Morgan fingerprint density at radius 2 is 2.21 bits per heavy atom. The summed E-state index contributed by atoms with van der Waals surface area (Å²) in [5, 5.41) is 10.5. The molecule has 1 atom stereocenters. The molecule has 7 nitrogen and oxygen atoms in total. The third kappa shape index (κ3) is 3.46. The lowest BCUT2D eigenvalue weighted by Gasteiger charge is -2.22. The number of benzene rings is 1. The number of anilines is 1. The van der Waals surface area contributed by atoms with Gasteiger partial charge in [-0.1, -0.05) is 0 Å². The van der Waals surface area contributed by atoms with Crippen molar-refractivity contribution in [1.29, 1.82) is 0 Å². The molecular weight excluding hydrogens is 306 g/mol. The van der Waals surface area contributed by atoms with E-state index in [0.29, 0.717) is 16.9 Å². The second kappa shape index (κ2) is 6.84. The third-order valence-corrected chi connectivity index (χ3v) is 4.24. The van der Waals surface area contributed by atoms with Gasteiger partial charge in [-0.2, -0.15) is 5.10 Å². The third-order valence-electron chi connectivity index (χ3n) is 4.24. The van der Waals surface area contributed by atoms with Crippen LogP contribution in [0, 0.1) is 6.92 Å². The monoisotopic (exact) mass is 327 g/mol. The van der Waals surface area contributed by atoms with E-state index in [1.807, 2.05) is 10.9 Å². The number of carbonyl (C=O) groups excluding carboxylic acids is 2. The van der Waals surface area contributed by atoms with Gasteiger partial charge in [-0.3, -0.25) is 14.3 Å². The average molecular weight is 327 g/mol. The molecule has 0 spiro atoms. The lowest BCUT2D eigenvalue weighted by Crippen LogP contribution is -2.32. The van der Waals surface area contributed by atoms with Crippen molar-refractivity contribution in [2.24, 2.45) is 5.73 Å². The summed E-state index contributed by atoms with van der Waals surface area (Å²) < 4.78 is 1.85. The summed E-state index contributed by atoms with van der Waals surface area (Å²) in [5.74, 6) is -0.756. The van der Waals surface area contributed by atoms with E-state index >= 15 is 0 Å². The van der Waals surface area contributed by atoms with Crippen LogP contribution in [0.15, 0.2) is 30.5 Å². The summed E-state index contributed by atoms with van der Waals surface area (Å²) in [4.78, 5) is 23.6. The normalized spacial score (nSPS) is 17.5. The minimum atomic E-state index is -0.481. The van der Waals surface area contributed by atoms with Crippen molar-refractivity contribution in [1.82, 2.24) is 15.1 Å². The minimum absolute atomic E-state index is 0.274. The topological polar surface area (TPSA) is 102 Å². The highest BCUT2D eigenvalue weighted by molar-refractivity contribution is 6.03. The molecule has 1 unspecified atom stereocenters. The van der Waals surface area contributed by atoms with Crippen molar-refractivity contribution in [3.05, 3.63) is 47.3 Å². The summed E-state index contributed by atoms with van der Waals surface area (Å²) in [6.45, 7) is 3.68. The molecule has 0 saturated carbocycles. The second-order valence-corrected chi connectivity index (χ2v) is 6.03. The molecule has 7 heteroatoms. The van der Waals surface area contributed by atoms with Crippen LogP contribution in [-0.4, -0.2) is 34.7 Å². The van der Waals surface area contributed by atoms with Crippen LogP contribution in [0.4, 0.5) is 5.69 Å². The second-order valence-electron chi connectivity index (χ2n) is 6.03. The number of nitrogens with one attached hydrogen (secondary N) is 2. The standard InChI is InChI=1S/C17H21N5O2/c1-11-9-12(4-5-14(11)16(18)23)20-17(24)15-6-8-22(21-15)13-3-2-7-19-10-13/h4-6,8-9,13,19H,2-3,7,10H2,1H3,(H2,18,23)(H,20,24). The highest BCUT2D eigenvalue weighted by atomic mass is 16.2. The molecule has 4 N–H and O–H groups in total. The summed E-state index contributed by atoms with van der Waals surface area (Å²) in [7, 11) is 0. The number of nitrogens with zero attached hydrogens (tertiary/aromatic N) is 2. The molecule has 1 aliphatic heterocycles. The van der Waals surface area contributed by atoms with E-state index < -0.39 is 5.91 Å². The predicted octanol–water partition coefficient (Wildman–Crippen LogP) is 1.47. The van der Waals surface area contributed by atoms with Crippen LogP contribution >= 0.6 is 0 Å². The lowest BCUT2D eigenvalue weighted by molar-refractivity contribution is 0.0997. The highest BCUT2D eigenvalue weighted by Crippen LogP contribution is 2.18. The zero-order valence-electron chi connectivity index (χ0n) is 13.6. The Morgan fingerprint density at radius 3 is 2.88 bits per heavy atom. The number of amides is 2. The van der Waals surface area contributed by atoms with Gasteiger partial charge in [0.05, 0.1) is 6.04 Å². The van der Waals surface area contributed by atoms with Gasteiger partial charge in [0, 0.05) is 24.0 Å². The first-order valence-corrected chi connectivity index (χ1v) is 8.02. The summed E-state index contributed by atoms with van der Waals surface area (Å²) >= 11 is 0. The van der Waals surface area contributed by atoms with Crippen LogP contribution in [0.2, 0.25) is 0 Å².